The first-order valence-electron chi connectivity index (χ1n) is 8.18. The van der Waals surface area contributed by atoms with E-state index < -0.39 is 0 Å². The number of hydrogen-bond donors (Lipinski definition) is 0. The summed E-state index contributed by atoms with van der Waals surface area (Å²) in [7, 11) is 0. The molecule has 0 amide bonds. The lowest BCUT2D eigenvalue weighted by molar-refractivity contribution is -0.142. The molecule has 0 radical (unpaired) electrons. The molecule has 0 atom stereocenters. The fourth-order valence-electron chi connectivity index (χ4n) is 2.09. The van der Waals surface area contributed by atoms with Gasteiger partial charge in [-0.3, -0.25) is 0 Å². The topological polar surface area (TPSA) is 52.6 Å². The summed E-state index contributed by atoms with van der Waals surface area (Å²) >= 11 is 0. The molecule has 0 aromatic carbocycles. The maximum absolute atomic E-state index is 12.2. The van der Waals surface area contributed by atoms with Crippen molar-refractivity contribution in [3.8, 4) is 0 Å². The summed E-state index contributed by atoms with van der Waals surface area (Å²) in [6.07, 6.45) is 5.99. The molecule has 122 valence electrons. The maximum atomic E-state index is 12.2. The number of ether oxygens (including phenoxy) is 2. The molecule has 0 heterocycles. The van der Waals surface area contributed by atoms with Gasteiger partial charge in [-0.25, -0.2) is 9.59 Å². The molecule has 21 heavy (non-hydrogen) atoms. The first-order chi connectivity index (χ1) is 10.1. The predicted octanol–water partition coefficient (Wildman–Crippen LogP) is 4.18. The number of carbonyl (C=O) groups excluding carboxylic acids is 2. The molecule has 0 aromatic heterocycles. The van der Waals surface area contributed by atoms with Crippen LogP contribution in [0.4, 0.5) is 0 Å². The third kappa shape index (κ3) is 7.88. The van der Waals surface area contributed by atoms with Gasteiger partial charge < -0.3 is 9.47 Å². The van der Waals surface area contributed by atoms with Crippen LogP contribution in [0.25, 0.3) is 0 Å². The van der Waals surface area contributed by atoms with E-state index in [0.717, 1.165) is 32.1 Å². The van der Waals surface area contributed by atoms with E-state index in [1.807, 2.05) is 0 Å². The quantitative estimate of drug-likeness (QED) is 0.326. The lowest BCUT2D eigenvalue weighted by atomic mass is 9.97. The zero-order chi connectivity index (χ0) is 16.1. The SMILES string of the molecule is CCCCCC(C(=O)OCC)=C(CCCC)C(=O)OCC. The molecule has 0 aliphatic carbocycles. The minimum absolute atomic E-state index is 0.319. The van der Waals surface area contributed by atoms with Gasteiger partial charge in [-0.1, -0.05) is 33.1 Å². The van der Waals surface area contributed by atoms with Crippen LogP contribution < -0.4 is 0 Å². The minimum Gasteiger partial charge on any atom is -0.463 e. The van der Waals surface area contributed by atoms with Crippen LogP contribution in [0.15, 0.2) is 11.1 Å². The Morgan fingerprint density at radius 2 is 1.10 bits per heavy atom. The molecule has 0 rings (SSSR count). The van der Waals surface area contributed by atoms with Gasteiger partial charge in [0.2, 0.25) is 0 Å². The third-order valence-corrected chi connectivity index (χ3v) is 3.22. The highest BCUT2D eigenvalue weighted by molar-refractivity contribution is 6.00. The normalized spacial score (nSPS) is 11.8. The van der Waals surface area contributed by atoms with Crippen LogP contribution in [0.3, 0.4) is 0 Å². The molecule has 0 N–H and O–H groups in total. The Hall–Kier alpha value is -1.32. The van der Waals surface area contributed by atoms with Gasteiger partial charge in [0, 0.05) is 11.1 Å². The van der Waals surface area contributed by atoms with Crippen molar-refractivity contribution in [2.45, 2.75) is 72.6 Å². The molecule has 4 nitrogen and oxygen atoms in total. The number of esters is 2. The zero-order valence-corrected chi connectivity index (χ0v) is 14.0. The van der Waals surface area contributed by atoms with Crippen molar-refractivity contribution in [2.24, 2.45) is 0 Å². The van der Waals surface area contributed by atoms with E-state index in [1.165, 1.54) is 0 Å². The smallest absolute Gasteiger partial charge is 0.334 e. The van der Waals surface area contributed by atoms with Crippen LogP contribution in [-0.4, -0.2) is 25.2 Å². The summed E-state index contributed by atoms with van der Waals surface area (Å²) in [5.74, 6) is -0.738. The van der Waals surface area contributed by atoms with Gasteiger partial charge in [-0.2, -0.15) is 0 Å². The van der Waals surface area contributed by atoms with Crippen molar-refractivity contribution < 1.29 is 19.1 Å². The monoisotopic (exact) mass is 298 g/mol. The molecule has 0 aliphatic heterocycles. The Kier molecular flexibility index (Phi) is 11.6. The van der Waals surface area contributed by atoms with Crippen molar-refractivity contribution in [3.63, 3.8) is 0 Å². The first-order valence-corrected chi connectivity index (χ1v) is 8.18. The summed E-state index contributed by atoms with van der Waals surface area (Å²) < 4.78 is 10.2. The van der Waals surface area contributed by atoms with Crippen molar-refractivity contribution in [2.75, 3.05) is 13.2 Å². The van der Waals surface area contributed by atoms with Gasteiger partial charge >= 0.3 is 11.9 Å². The lowest BCUT2D eigenvalue weighted by Gasteiger charge is -2.13. The van der Waals surface area contributed by atoms with Gasteiger partial charge in [0.25, 0.3) is 0 Å². The summed E-state index contributed by atoms with van der Waals surface area (Å²) in [5, 5.41) is 0. The molecule has 0 saturated heterocycles. The fourth-order valence-corrected chi connectivity index (χ4v) is 2.09. The Morgan fingerprint density at radius 3 is 1.48 bits per heavy atom. The van der Waals surface area contributed by atoms with Gasteiger partial charge in [-0.15, -0.1) is 0 Å². The lowest BCUT2D eigenvalue weighted by Crippen LogP contribution is -2.17. The van der Waals surface area contributed by atoms with Gasteiger partial charge in [0.05, 0.1) is 13.2 Å². The highest BCUT2D eigenvalue weighted by Gasteiger charge is 2.22. The fraction of sp³-hybridized carbons (Fsp3) is 0.765. The number of hydrogen-bond acceptors (Lipinski definition) is 4. The second-order valence-electron chi connectivity index (χ2n) is 4.96. The Balaban J connectivity index is 5.29. The summed E-state index contributed by atoms with van der Waals surface area (Å²) in [6.45, 7) is 8.36. The number of unbranched alkanes of at least 4 members (excludes halogenated alkanes) is 3. The molecular weight excluding hydrogens is 268 g/mol. The van der Waals surface area contributed by atoms with E-state index in [-0.39, 0.29) is 11.9 Å². The van der Waals surface area contributed by atoms with Crippen LogP contribution in [0.1, 0.15) is 72.6 Å². The molecule has 0 saturated carbocycles. The highest BCUT2D eigenvalue weighted by Crippen LogP contribution is 2.21. The molecule has 0 fully saturated rings. The van der Waals surface area contributed by atoms with Crippen LogP contribution in [0, 0.1) is 0 Å². The van der Waals surface area contributed by atoms with Crippen LogP contribution >= 0.6 is 0 Å². The van der Waals surface area contributed by atoms with Crippen LogP contribution in [0.5, 0.6) is 0 Å². The number of rotatable bonds is 11. The Labute approximate surface area is 128 Å². The van der Waals surface area contributed by atoms with Crippen molar-refractivity contribution in [1.29, 1.82) is 0 Å². The molecule has 0 aliphatic rings. The van der Waals surface area contributed by atoms with E-state index >= 15 is 0 Å². The minimum atomic E-state index is -0.370. The third-order valence-electron chi connectivity index (χ3n) is 3.22. The van der Waals surface area contributed by atoms with Crippen molar-refractivity contribution in [3.05, 3.63) is 11.1 Å². The Bertz CT molecular complexity index is 345. The van der Waals surface area contributed by atoms with E-state index in [1.54, 1.807) is 13.8 Å². The van der Waals surface area contributed by atoms with Gasteiger partial charge in [-0.05, 0) is 39.5 Å². The summed E-state index contributed by atoms with van der Waals surface area (Å²) in [5.41, 5.74) is 1.02. The Morgan fingerprint density at radius 1 is 0.667 bits per heavy atom. The molecule has 0 unspecified atom stereocenters. The molecule has 0 aromatic rings. The van der Waals surface area contributed by atoms with E-state index in [4.69, 9.17) is 9.47 Å². The predicted molar refractivity (Wildman–Crippen MR) is 84.0 cm³/mol. The molecule has 0 bridgehead atoms. The standard InChI is InChI=1S/C17H30O4/c1-5-9-11-13-15(17(19)21-8-4)14(12-10-6-2)16(18)20-7-3/h5-13H2,1-4H3. The highest BCUT2D eigenvalue weighted by atomic mass is 16.5. The van der Waals surface area contributed by atoms with E-state index in [2.05, 4.69) is 13.8 Å². The first kappa shape index (κ1) is 19.7. The summed E-state index contributed by atoms with van der Waals surface area (Å²) in [6, 6.07) is 0. The van der Waals surface area contributed by atoms with Gasteiger partial charge in [0.1, 0.15) is 0 Å². The van der Waals surface area contributed by atoms with Crippen molar-refractivity contribution >= 4 is 11.9 Å². The van der Waals surface area contributed by atoms with Gasteiger partial charge in [0.15, 0.2) is 0 Å². The van der Waals surface area contributed by atoms with E-state index in [0.29, 0.717) is 37.2 Å². The zero-order valence-electron chi connectivity index (χ0n) is 14.0. The average molecular weight is 298 g/mol. The number of carbonyl (C=O) groups is 2. The van der Waals surface area contributed by atoms with Crippen molar-refractivity contribution in [1.82, 2.24) is 0 Å². The largest absolute Gasteiger partial charge is 0.463 e. The van der Waals surface area contributed by atoms with Crippen LogP contribution in [-0.2, 0) is 19.1 Å². The molecule has 4 heteroatoms. The second-order valence-corrected chi connectivity index (χ2v) is 4.96. The maximum Gasteiger partial charge on any atom is 0.334 e. The molecular formula is C17H30O4. The second kappa shape index (κ2) is 12.4. The molecule has 0 spiro atoms. The van der Waals surface area contributed by atoms with Crippen LogP contribution in [0.2, 0.25) is 0 Å². The summed E-state index contributed by atoms with van der Waals surface area (Å²) in [4.78, 5) is 24.3. The van der Waals surface area contributed by atoms with E-state index in [9.17, 15) is 9.59 Å². The average Bonchev–Trinajstić information content (AvgIpc) is 2.46.